The van der Waals surface area contributed by atoms with E-state index in [-0.39, 0.29) is 0 Å². The lowest BCUT2D eigenvalue weighted by molar-refractivity contribution is 0.304. The molecule has 100 valence electrons. The Morgan fingerprint density at radius 2 is 1.74 bits per heavy atom. The second-order valence-electron chi connectivity index (χ2n) is 4.51. The number of halogens is 2. The quantitative estimate of drug-likeness (QED) is 0.828. The van der Waals surface area contributed by atoms with Crippen molar-refractivity contribution >= 4 is 28.9 Å². The van der Waals surface area contributed by atoms with E-state index in [0.717, 1.165) is 28.1 Å². The van der Waals surface area contributed by atoms with Gasteiger partial charge in [0.2, 0.25) is 0 Å². The number of nitrogen functional groups attached to an aromatic ring is 1. The second-order valence-corrected chi connectivity index (χ2v) is 5.33. The predicted octanol–water partition coefficient (Wildman–Crippen LogP) is 4.77. The largest absolute Gasteiger partial charge is 0.489 e. The fourth-order valence-electron chi connectivity index (χ4n) is 1.79. The molecule has 0 bridgehead atoms. The van der Waals surface area contributed by atoms with Gasteiger partial charge in [0, 0.05) is 11.8 Å². The van der Waals surface area contributed by atoms with Crippen molar-refractivity contribution in [3.8, 4) is 5.75 Å². The Labute approximate surface area is 123 Å². The van der Waals surface area contributed by atoms with Crippen molar-refractivity contribution in [3.05, 3.63) is 57.1 Å². The molecule has 2 aromatic carbocycles. The summed E-state index contributed by atoms with van der Waals surface area (Å²) in [6, 6.07) is 9.32. The van der Waals surface area contributed by atoms with Crippen molar-refractivity contribution in [2.45, 2.75) is 20.5 Å². The summed E-state index contributed by atoms with van der Waals surface area (Å²) in [6.45, 7) is 4.40. The molecule has 0 aliphatic rings. The normalized spacial score (nSPS) is 10.5. The highest BCUT2D eigenvalue weighted by Crippen LogP contribution is 2.27. The smallest absolute Gasteiger partial charge is 0.124 e. The molecule has 4 heteroatoms. The third-order valence-corrected chi connectivity index (χ3v) is 3.68. The first-order valence-corrected chi connectivity index (χ1v) is 6.66. The molecule has 0 aromatic heterocycles. The monoisotopic (exact) mass is 295 g/mol. The van der Waals surface area contributed by atoms with Crippen molar-refractivity contribution in [1.82, 2.24) is 0 Å². The van der Waals surface area contributed by atoms with E-state index in [9.17, 15) is 0 Å². The maximum absolute atomic E-state index is 5.97. The van der Waals surface area contributed by atoms with E-state index in [1.165, 1.54) is 0 Å². The van der Waals surface area contributed by atoms with Gasteiger partial charge in [0.25, 0.3) is 0 Å². The third kappa shape index (κ3) is 3.34. The molecule has 19 heavy (non-hydrogen) atoms. The van der Waals surface area contributed by atoms with Gasteiger partial charge in [-0.05, 0) is 42.7 Å². The Morgan fingerprint density at radius 1 is 1.00 bits per heavy atom. The first kappa shape index (κ1) is 14.0. The van der Waals surface area contributed by atoms with Crippen LogP contribution >= 0.6 is 23.2 Å². The van der Waals surface area contributed by atoms with E-state index in [2.05, 4.69) is 0 Å². The summed E-state index contributed by atoms with van der Waals surface area (Å²) in [5.74, 6) is 0.786. The highest BCUT2D eigenvalue weighted by Gasteiger charge is 2.05. The number of nitrogens with two attached hydrogens (primary N) is 1. The summed E-state index contributed by atoms with van der Waals surface area (Å²) >= 11 is 11.8. The molecule has 0 radical (unpaired) electrons. The van der Waals surface area contributed by atoms with Crippen LogP contribution in [0.2, 0.25) is 10.0 Å². The lowest BCUT2D eigenvalue weighted by Gasteiger charge is -2.12. The number of aryl methyl sites for hydroxylation is 2. The van der Waals surface area contributed by atoms with E-state index in [1.807, 2.05) is 32.0 Å². The third-order valence-electron chi connectivity index (χ3n) is 2.94. The molecule has 0 heterocycles. The van der Waals surface area contributed by atoms with Crippen LogP contribution < -0.4 is 10.5 Å². The minimum absolute atomic E-state index is 0.431. The summed E-state index contributed by atoms with van der Waals surface area (Å²) < 4.78 is 5.77. The van der Waals surface area contributed by atoms with Gasteiger partial charge in [0.05, 0.1) is 10.0 Å². The van der Waals surface area contributed by atoms with Gasteiger partial charge < -0.3 is 10.5 Å². The Hall–Kier alpha value is -1.38. The average molecular weight is 296 g/mol. The Bertz CT molecular complexity index is 611. The van der Waals surface area contributed by atoms with E-state index in [0.29, 0.717) is 16.7 Å². The molecule has 2 aromatic rings. The van der Waals surface area contributed by atoms with Gasteiger partial charge in [0.1, 0.15) is 12.4 Å². The minimum atomic E-state index is 0.431. The molecule has 2 rings (SSSR count). The van der Waals surface area contributed by atoms with E-state index in [4.69, 9.17) is 33.7 Å². The molecule has 0 amide bonds. The van der Waals surface area contributed by atoms with E-state index in [1.54, 1.807) is 12.1 Å². The number of benzene rings is 2. The lowest BCUT2D eigenvalue weighted by Crippen LogP contribution is -1.99. The van der Waals surface area contributed by atoms with Crippen LogP contribution in [0, 0.1) is 13.8 Å². The van der Waals surface area contributed by atoms with Crippen molar-refractivity contribution < 1.29 is 4.74 Å². The number of anilines is 1. The summed E-state index contributed by atoms with van der Waals surface area (Å²) in [5.41, 5.74) is 9.70. The summed E-state index contributed by atoms with van der Waals surface area (Å²) in [5, 5.41) is 1.07. The number of ether oxygens (including phenoxy) is 1. The maximum atomic E-state index is 5.97. The zero-order valence-corrected chi connectivity index (χ0v) is 12.3. The molecular weight excluding hydrogens is 281 g/mol. The van der Waals surface area contributed by atoms with Crippen molar-refractivity contribution in [1.29, 1.82) is 0 Å². The molecule has 0 atom stereocenters. The van der Waals surface area contributed by atoms with Crippen LogP contribution in [0.5, 0.6) is 5.75 Å². The van der Waals surface area contributed by atoms with Crippen LogP contribution in [-0.4, -0.2) is 0 Å². The molecule has 0 unspecified atom stereocenters. The van der Waals surface area contributed by atoms with Crippen LogP contribution in [0.15, 0.2) is 30.3 Å². The zero-order valence-electron chi connectivity index (χ0n) is 10.8. The molecule has 0 aliphatic carbocycles. The standard InChI is InChI=1S/C15H15Cl2NO/c1-9-5-10(2)15(7-14(9)18)19-8-11-3-4-12(16)13(17)6-11/h3-7H,8,18H2,1-2H3. The molecule has 0 saturated carbocycles. The molecular formula is C15H15Cl2NO. The van der Waals surface area contributed by atoms with Gasteiger partial charge in [0.15, 0.2) is 0 Å². The van der Waals surface area contributed by atoms with Crippen LogP contribution in [-0.2, 0) is 6.61 Å². The van der Waals surface area contributed by atoms with Crippen LogP contribution in [0.3, 0.4) is 0 Å². The van der Waals surface area contributed by atoms with E-state index < -0.39 is 0 Å². The number of hydrogen-bond acceptors (Lipinski definition) is 2. The van der Waals surface area contributed by atoms with Crippen molar-refractivity contribution in [2.24, 2.45) is 0 Å². The zero-order chi connectivity index (χ0) is 14.0. The Kier molecular flexibility index (Phi) is 4.23. The minimum Gasteiger partial charge on any atom is -0.489 e. The van der Waals surface area contributed by atoms with Gasteiger partial charge in [-0.25, -0.2) is 0 Å². The number of rotatable bonds is 3. The molecule has 0 spiro atoms. The molecule has 0 saturated heterocycles. The first-order chi connectivity index (χ1) is 8.97. The molecule has 0 fully saturated rings. The second kappa shape index (κ2) is 5.72. The van der Waals surface area contributed by atoms with Crippen LogP contribution in [0.1, 0.15) is 16.7 Å². The van der Waals surface area contributed by atoms with Crippen LogP contribution in [0.4, 0.5) is 5.69 Å². The van der Waals surface area contributed by atoms with Gasteiger partial charge in [-0.2, -0.15) is 0 Å². The predicted molar refractivity (Wildman–Crippen MR) is 81.1 cm³/mol. The topological polar surface area (TPSA) is 35.2 Å². The number of hydrogen-bond donors (Lipinski definition) is 1. The Morgan fingerprint density at radius 3 is 2.42 bits per heavy atom. The lowest BCUT2D eigenvalue weighted by atomic mass is 10.1. The molecule has 0 aliphatic heterocycles. The fourth-order valence-corrected chi connectivity index (χ4v) is 2.11. The van der Waals surface area contributed by atoms with Crippen molar-refractivity contribution in [2.75, 3.05) is 5.73 Å². The van der Waals surface area contributed by atoms with Gasteiger partial charge in [-0.15, -0.1) is 0 Å². The highest BCUT2D eigenvalue weighted by atomic mass is 35.5. The SMILES string of the molecule is Cc1cc(C)c(OCc2ccc(Cl)c(Cl)c2)cc1N. The average Bonchev–Trinajstić information content (AvgIpc) is 2.36. The van der Waals surface area contributed by atoms with Gasteiger partial charge >= 0.3 is 0 Å². The molecule has 2 N–H and O–H groups in total. The Balaban J connectivity index is 2.14. The first-order valence-electron chi connectivity index (χ1n) is 5.91. The van der Waals surface area contributed by atoms with E-state index >= 15 is 0 Å². The molecule has 2 nitrogen and oxygen atoms in total. The van der Waals surface area contributed by atoms with Gasteiger partial charge in [-0.3, -0.25) is 0 Å². The fraction of sp³-hybridized carbons (Fsp3) is 0.200. The highest BCUT2D eigenvalue weighted by molar-refractivity contribution is 6.42. The summed E-state index contributed by atoms with van der Waals surface area (Å²) in [4.78, 5) is 0. The van der Waals surface area contributed by atoms with Crippen LogP contribution in [0.25, 0.3) is 0 Å². The van der Waals surface area contributed by atoms with Crippen molar-refractivity contribution in [3.63, 3.8) is 0 Å². The maximum Gasteiger partial charge on any atom is 0.124 e. The summed E-state index contributed by atoms with van der Waals surface area (Å²) in [6.07, 6.45) is 0. The summed E-state index contributed by atoms with van der Waals surface area (Å²) in [7, 11) is 0. The van der Waals surface area contributed by atoms with Gasteiger partial charge in [-0.1, -0.05) is 35.3 Å².